The summed E-state index contributed by atoms with van der Waals surface area (Å²) in [6.07, 6.45) is 3.40. The fourth-order valence-corrected chi connectivity index (χ4v) is 4.82. The topological polar surface area (TPSA) is 0 Å². The van der Waals surface area contributed by atoms with Gasteiger partial charge < -0.3 is 0 Å². The van der Waals surface area contributed by atoms with E-state index >= 15 is 0 Å². The highest BCUT2D eigenvalue weighted by atomic mass is 31.3. The summed E-state index contributed by atoms with van der Waals surface area (Å²) in [5, 5.41) is 0. The van der Waals surface area contributed by atoms with E-state index in [0.717, 1.165) is 14.5 Å². The molecule has 21 heavy (non-hydrogen) atoms. The highest BCUT2D eigenvalue weighted by Gasteiger charge is 2.09. The minimum atomic E-state index is -0.921. The molecule has 110 valence electrons. The van der Waals surface area contributed by atoms with E-state index in [1.807, 2.05) is 0 Å². The first-order valence-electron chi connectivity index (χ1n) is 7.53. The van der Waals surface area contributed by atoms with Crippen LogP contribution in [0.5, 0.6) is 0 Å². The molecule has 2 rings (SSSR count). The maximum atomic E-state index is 2.43. The van der Waals surface area contributed by atoms with Crippen molar-refractivity contribution in [3.63, 3.8) is 0 Å². The Morgan fingerprint density at radius 3 is 2.29 bits per heavy atom. The summed E-state index contributed by atoms with van der Waals surface area (Å²) in [6, 6.07) is 17.4. The molecule has 0 heterocycles. The van der Waals surface area contributed by atoms with Crippen molar-refractivity contribution in [2.45, 2.75) is 33.0 Å². The molecule has 0 saturated heterocycles. The standard InChI is InChI=1S/C19H25PSi/c1-16-15-19(18-9-6-5-7-10-18)13-12-17(16)11-8-14-20-21(2,3)4/h5-10,12-15,20H,11H2,1-4H3. The van der Waals surface area contributed by atoms with Crippen molar-refractivity contribution < 1.29 is 0 Å². The molecule has 0 saturated carbocycles. The molecule has 1 atom stereocenters. The molecule has 2 aromatic rings. The molecule has 0 spiro atoms. The second-order valence-electron chi connectivity index (χ2n) is 6.51. The predicted molar refractivity (Wildman–Crippen MR) is 101 cm³/mol. The van der Waals surface area contributed by atoms with Gasteiger partial charge in [-0.05, 0) is 35.6 Å². The third kappa shape index (κ3) is 5.26. The smallest absolute Gasteiger partial charge is 0.0729 e. The van der Waals surface area contributed by atoms with Crippen molar-refractivity contribution in [1.82, 2.24) is 0 Å². The quantitative estimate of drug-likeness (QED) is 0.453. The molecule has 0 aliphatic rings. The van der Waals surface area contributed by atoms with Gasteiger partial charge in [0.05, 0.1) is 7.74 Å². The zero-order valence-corrected chi connectivity index (χ0v) is 15.5. The van der Waals surface area contributed by atoms with Crippen molar-refractivity contribution in [2.24, 2.45) is 0 Å². The van der Waals surface area contributed by atoms with Crippen molar-refractivity contribution in [2.75, 3.05) is 0 Å². The van der Waals surface area contributed by atoms with E-state index in [1.54, 1.807) is 0 Å². The first kappa shape index (κ1) is 16.2. The summed E-state index contributed by atoms with van der Waals surface area (Å²) in [6.45, 7) is 9.50. The van der Waals surface area contributed by atoms with Crippen molar-refractivity contribution in [3.8, 4) is 11.1 Å². The van der Waals surface area contributed by atoms with E-state index in [1.165, 1.54) is 22.3 Å². The van der Waals surface area contributed by atoms with Crippen LogP contribution in [0.25, 0.3) is 11.1 Å². The summed E-state index contributed by atoms with van der Waals surface area (Å²) < 4.78 is 0. The molecule has 0 aliphatic carbocycles. The Bertz CT molecular complexity index is 609. The van der Waals surface area contributed by atoms with Crippen LogP contribution in [0.2, 0.25) is 19.6 Å². The van der Waals surface area contributed by atoms with Gasteiger partial charge in [-0.3, -0.25) is 0 Å². The average Bonchev–Trinajstić information content (AvgIpc) is 2.45. The summed E-state index contributed by atoms with van der Waals surface area (Å²) in [5.74, 6) is 2.40. The van der Waals surface area contributed by atoms with Crippen LogP contribution in [-0.2, 0) is 6.42 Å². The Kier molecular flexibility index (Phi) is 5.55. The molecule has 0 amide bonds. The lowest BCUT2D eigenvalue weighted by molar-refractivity contribution is 1.22. The molecular weight excluding hydrogens is 287 g/mol. The summed E-state index contributed by atoms with van der Waals surface area (Å²) >= 11 is 0. The number of rotatable bonds is 5. The third-order valence-electron chi connectivity index (χ3n) is 3.42. The molecule has 2 aromatic carbocycles. The van der Waals surface area contributed by atoms with Gasteiger partial charge in [0, 0.05) is 0 Å². The van der Waals surface area contributed by atoms with Gasteiger partial charge >= 0.3 is 0 Å². The van der Waals surface area contributed by atoms with E-state index < -0.39 is 7.74 Å². The molecule has 0 fully saturated rings. The highest BCUT2D eigenvalue weighted by molar-refractivity contribution is 7.83. The SMILES string of the molecule is Cc1cc(-c2ccccc2)ccc1CC=CP[Si](C)(C)C. The highest BCUT2D eigenvalue weighted by Crippen LogP contribution is 2.28. The van der Waals surface area contributed by atoms with Crippen molar-refractivity contribution in [1.29, 1.82) is 0 Å². The zero-order valence-electron chi connectivity index (χ0n) is 13.5. The van der Waals surface area contributed by atoms with Gasteiger partial charge in [-0.2, -0.15) is 0 Å². The van der Waals surface area contributed by atoms with Crippen LogP contribution in [0.3, 0.4) is 0 Å². The van der Waals surface area contributed by atoms with E-state index in [4.69, 9.17) is 0 Å². The van der Waals surface area contributed by atoms with Crippen LogP contribution in [0.15, 0.2) is 60.4 Å². The average molecular weight is 312 g/mol. The van der Waals surface area contributed by atoms with Crippen molar-refractivity contribution >= 4 is 15.9 Å². The van der Waals surface area contributed by atoms with Crippen molar-refractivity contribution in [3.05, 3.63) is 71.6 Å². The Morgan fingerprint density at radius 2 is 1.67 bits per heavy atom. The fourth-order valence-electron chi connectivity index (χ4n) is 2.23. The third-order valence-corrected chi connectivity index (χ3v) is 7.79. The Balaban J connectivity index is 2.06. The van der Waals surface area contributed by atoms with Crippen LogP contribution in [0, 0.1) is 6.92 Å². The van der Waals surface area contributed by atoms with Crippen LogP contribution in [0.1, 0.15) is 11.1 Å². The largest absolute Gasteiger partial charge is 0.111 e. The van der Waals surface area contributed by atoms with Crippen LogP contribution in [-0.4, -0.2) is 7.74 Å². The second-order valence-corrected chi connectivity index (χ2v) is 17.0. The lowest BCUT2D eigenvalue weighted by atomic mass is 9.98. The maximum absolute atomic E-state index is 2.43. The van der Waals surface area contributed by atoms with E-state index in [0.29, 0.717) is 0 Å². The number of aryl methyl sites for hydroxylation is 1. The van der Waals surface area contributed by atoms with Gasteiger partial charge in [-0.25, -0.2) is 0 Å². The monoisotopic (exact) mass is 312 g/mol. The maximum Gasteiger partial charge on any atom is 0.0729 e. The number of hydrogen-bond acceptors (Lipinski definition) is 0. The van der Waals surface area contributed by atoms with E-state index in [-0.39, 0.29) is 0 Å². The van der Waals surface area contributed by atoms with Gasteiger partial charge in [-0.15, -0.1) is 8.13 Å². The van der Waals surface area contributed by atoms with Gasteiger partial charge in [0.15, 0.2) is 0 Å². The van der Waals surface area contributed by atoms with E-state index in [2.05, 4.69) is 87.0 Å². The normalized spacial score (nSPS) is 12.6. The first-order valence-corrected chi connectivity index (χ1v) is 13.1. The summed E-state index contributed by atoms with van der Waals surface area (Å²) in [7, 11) is 0.103. The number of hydrogen-bond donors (Lipinski definition) is 0. The molecule has 0 N–H and O–H groups in total. The zero-order chi connectivity index (χ0) is 15.3. The van der Waals surface area contributed by atoms with Gasteiger partial charge in [-0.1, -0.05) is 80.1 Å². The lowest BCUT2D eigenvalue weighted by Crippen LogP contribution is -2.09. The number of benzene rings is 2. The molecule has 0 aromatic heterocycles. The molecule has 2 heteroatoms. The Hall–Kier alpha value is -1.17. The minimum Gasteiger partial charge on any atom is -0.111 e. The Labute approximate surface area is 132 Å². The molecular formula is C19H25PSi. The molecule has 1 unspecified atom stereocenters. The first-order chi connectivity index (χ1) is 9.96. The van der Waals surface area contributed by atoms with Gasteiger partial charge in [0.25, 0.3) is 0 Å². The van der Waals surface area contributed by atoms with Gasteiger partial charge in [0.1, 0.15) is 0 Å². The molecule has 0 bridgehead atoms. The van der Waals surface area contributed by atoms with Gasteiger partial charge in [0.2, 0.25) is 0 Å². The molecule has 0 nitrogen and oxygen atoms in total. The van der Waals surface area contributed by atoms with Crippen LogP contribution in [0.4, 0.5) is 0 Å². The second kappa shape index (κ2) is 7.20. The Morgan fingerprint density at radius 1 is 0.952 bits per heavy atom. The lowest BCUT2D eigenvalue weighted by Gasteiger charge is -2.12. The minimum absolute atomic E-state index is 0.921. The van der Waals surface area contributed by atoms with Crippen LogP contribution >= 0.6 is 8.13 Å². The van der Waals surface area contributed by atoms with E-state index in [9.17, 15) is 0 Å². The summed E-state index contributed by atoms with van der Waals surface area (Å²) in [5.41, 5.74) is 5.43. The molecule has 0 radical (unpaired) electrons. The summed E-state index contributed by atoms with van der Waals surface area (Å²) in [4.78, 5) is 0. The van der Waals surface area contributed by atoms with Crippen LogP contribution < -0.4 is 0 Å². The number of allylic oxidation sites excluding steroid dienone is 1. The molecule has 0 aliphatic heterocycles. The fraction of sp³-hybridized carbons (Fsp3) is 0.263. The predicted octanol–water partition coefficient (Wildman–Crippen LogP) is 6.23.